The van der Waals surface area contributed by atoms with E-state index in [0.29, 0.717) is 6.61 Å². The molecule has 0 aromatic carbocycles. The summed E-state index contributed by atoms with van der Waals surface area (Å²) < 4.78 is 4.57. The van der Waals surface area contributed by atoms with Gasteiger partial charge in [0.25, 0.3) is 0 Å². The van der Waals surface area contributed by atoms with Crippen LogP contribution in [0, 0.1) is 11.3 Å². The van der Waals surface area contributed by atoms with Crippen LogP contribution >= 0.6 is 0 Å². The van der Waals surface area contributed by atoms with Gasteiger partial charge in [-0.3, -0.25) is 0 Å². The van der Waals surface area contributed by atoms with Crippen LogP contribution in [0.5, 0.6) is 0 Å². The van der Waals surface area contributed by atoms with Crippen molar-refractivity contribution < 1.29 is 9.53 Å². The summed E-state index contributed by atoms with van der Waals surface area (Å²) in [5, 5.41) is 10.7. The van der Waals surface area contributed by atoms with E-state index in [1.165, 1.54) is 12.3 Å². The van der Waals surface area contributed by atoms with Crippen LogP contribution in [0.15, 0.2) is 12.3 Å². The number of carbonyl (C=O) groups excluding carboxylic acids is 1. The Morgan fingerprint density at radius 2 is 2.55 bits per heavy atom. The summed E-state index contributed by atoms with van der Waals surface area (Å²) in [4.78, 5) is 10.6. The Balaban J connectivity index is 3.42. The van der Waals surface area contributed by atoms with E-state index < -0.39 is 5.97 Å². The summed E-state index contributed by atoms with van der Waals surface area (Å²) in [6.07, 6.45) is 2.63. The predicted molar refractivity (Wildman–Crippen MR) is 39.4 cm³/mol. The number of hydrogen-bond acceptors (Lipinski definition) is 4. The first kappa shape index (κ1) is 9.50. The molecule has 60 valence electrons. The van der Waals surface area contributed by atoms with Crippen LogP contribution in [-0.2, 0) is 9.53 Å². The molecule has 0 aliphatic heterocycles. The van der Waals surface area contributed by atoms with Gasteiger partial charge in [-0.25, -0.2) is 4.79 Å². The average Bonchev–Trinajstić information content (AvgIpc) is 1.99. The van der Waals surface area contributed by atoms with Crippen LogP contribution in [0.1, 0.15) is 6.92 Å². The predicted octanol–water partition coefficient (Wildman–Crippen LogP) is 0.176. The van der Waals surface area contributed by atoms with Crippen LogP contribution in [0.25, 0.3) is 0 Å². The Bertz CT molecular complexity index is 181. The van der Waals surface area contributed by atoms with Crippen molar-refractivity contribution in [3.8, 4) is 6.07 Å². The first-order valence-electron chi connectivity index (χ1n) is 3.25. The van der Waals surface area contributed by atoms with Crippen LogP contribution < -0.4 is 5.32 Å². The van der Waals surface area contributed by atoms with Crippen molar-refractivity contribution in [1.29, 1.82) is 5.26 Å². The molecule has 4 nitrogen and oxygen atoms in total. The number of carbonyl (C=O) groups is 1. The molecular formula is C7H10N2O2. The Morgan fingerprint density at radius 1 is 1.82 bits per heavy atom. The molecular weight excluding hydrogens is 144 g/mol. The van der Waals surface area contributed by atoms with E-state index in [0.717, 1.165) is 0 Å². The van der Waals surface area contributed by atoms with Crippen molar-refractivity contribution in [3.05, 3.63) is 12.3 Å². The molecule has 0 aliphatic rings. The summed E-state index contributed by atoms with van der Waals surface area (Å²) in [7, 11) is 0. The zero-order valence-electron chi connectivity index (χ0n) is 6.33. The summed E-state index contributed by atoms with van der Waals surface area (Å²) in [6.45, 7) is 2.28. The Hall–Kier alpha value is -1.50. The summed E-state index contributed by atoms with van der Waals surface area (Å²) in [5.74, 6) is -0.405. The van der Waals surface area contributed by atoms with Crippen LogP contribution in [0.4, 0.5) is 0 Å². The van der Waals surface area contributed by atoms with E-state index in [1.54, 1.807) is 6.92 Å². The van der Waals surface area contributed by atoms with Gasteiger partial charge in [-0.1, -0.05) is 0 Å². The maximum atomic E-state index is 10.6. The lowest BCUT2D eigenvalue weighted by Crippen LogP contribution is -2.06. The number of nitrogens with one attached hydrogen (secondary N) is 1. The maximum absolute atomic E-state index is 10.6. The molecule has 0 rings (SSSR count). The van der Waals surface area contributed by atoms with Gasteiger partial charge in [-0.2, -0.15) is 5.26 Å². The average molecular weight is 154 g/mol. The molecule has 0 saturated heterocycles. The SMILES string of the molecule is CCOC(=O)/C=C\NCC#N. The minimum atomic E-state index is -0.405. The van der Waals surface area contributed by atoms with Gasteiger partial charge in [0.1, 0.15) is 6.54 Å². The van der Waals surface area contributed by atoms with Crippen molar-refractivity contribution >= 4 is 5.97 Å². The third-order valence-corrected chi connectivity index (χ3v) is 0.805. The molecule has 0 aromatic rings. The van der Waals surface area contributed by atoms with Crippen molar-refractivity contribution in [2.75, 3.05) is 13.2 Å². The van der Waals surface area contributed by atoms with E-state index in [4.69, 9.17) is 5.26 Å². The largest absolute Gasteiger partial charge is 0.463 e. The fraction of sp³-hybridized carbons (Fsp3) is 0.429. The van der Waals surface area contributed by atoms with E-state index in [2.05, 4.69) is 10.1 Å². The topological polar surface area (TPSA) is 62.1 Å². The smallest absolute Gasteiger partial charge is 0.332 e. The minimum Gasteiger partial charge on any atom is -0.463 e. The van der Waals surface area contributed by atoms with E-state index in [1.807, 2.05) is 6.07 Å². The zero-order chi connectivity index (χ0) is 8.53. The Morgan fingerprint density at radius 3 is 3.09 bits per heavy atom. The Labute approximate surface area is 65.5 Å². The highest BCUT2D eigenvalue weighted by Gasteiger charge is 1.90. The van der Waals surface area contributed by atoms with Gasteiger partial charge in [-0.05, 0) is 6.92 Å². The van der Waals surface area contributed by atoms with Gasteiger partial charge in [-0.15, -0.1) is 0 Å². The quantitative estimate of drug-likeness (QED) is 0.271. The molecule has 0 aromatic heterocycles. The molecule has 1 N–H and O–H groups in total. The summed E-state index contributed by atoms with van der Waals surface area (Å²) in [5.41, 5.74) is 0. The summed E-state index contributed by atoms with van der Waals surface area (Å²) in [6, 6.07) is 1.86. The lowest BCUT2D eigenvalue weighted by Gasteiger charge is -1.94. The Kier molecular flexibility index (Phi) is 5.72. The van der Waals surface area contributed by atoms with Gasteiger partial charge >= 0.3 is 5.97 Å². The van der Waals surface area contributed by atoms with Crippen molar-refractivity contribution in [1.82, 2.24) is 5.32 Å². The normalized spacial score (nSPS) is 9.09. The third kappa shape index (κ3) is 6.38. The second kappa shape index (κ2) is 6.62. The van der Waals surface area contributed by atoms with E-state index >= 15 is 0 Å². The molecule has 4 heteroatoms. The number of ether oxygens (including phenoxy) is 1. The molecule has 0 heterocycles. The first-order valence-corrected chi connectivity index (χ1v) is 3.25. The molecule has 0 atom stereocenters. The fourth-order valence-corrected chi connectivity index (χ4v) is 0.422. The van der Waals surface area contributed by atoms with Crippen molar-refractivity contribution in [2.24, 2.45) is 0 Å². The third-order valence-electron chi connectivity index (χ3n) is 0.805. The van der Waals surface area contributed by atoms with Crippen molar-refractivity contribution in [2.45, 2.75) is 6.92 Å². The number of nitrogens with zero attached hydrogens (tertiary/aromatic N) is 1. The molecule has 0 amide bonds. The molecule has 0 fully saturated rings. The number of esters is 1. The van der Waals surface area contributed by atoms with Crippen LogP contribution in [0.3, 0.4) is 0 Å². The molecule has 11 heavy (non-hydrogen) atoms. The summed E-state index contributed by atoms with van der Waals surface area (Å²) >= 11 is 0. The van der Waals surface area contributed by atoms with E-state index in [-0.39, 0.29) is 6.54 Å². The van der Waals surface area contributed by atoms with Gasteiger partial charge in [0.05, 0.1) is 12.7 Å². The lowest BCUT2D eigenvalue weighted by atomic mass is 10.6. The molecule has 0 spiro atoms. The zero-order valence-corrected chi connectivity index (χ0v) is 6.33. The molecule has 0 saturated carbocycles. The molecule has 0 radical (unpaired) electrons. The highest BCUT2D eigenvalue weighted by atomic mass is 16.5. The van der Waals surface area contributed by atoms with Gasteiger partial charge in [0.15, 0.2) is 0 Å². The fourth-order valence-electron chi connectivity index (χ4n) is 0.422. The number of hydrogen-bond donors (Lipinski definition) is 1. The first-order chi connectivity index (χ1) is 5.31. The van der Waals surface area contributed by atoms with Gasteiger partial charge in [0.2, 0.25) is 0 Å². The second-order valence-electron chi connectivity index (χ2n) is 1.62. The minimum absolute atomic E-state index is 0.190. The van der Waals surface area contributed by atoms with Gasteiger partial charge < -0.3 is 10.1 Å². The van der Waals surface area contributed by atoms with Crippen LogP contribution in [-0.4, -0.2) is 19.1 Å². The lowest BCUT2D eigenvalue weighted by molar-refractivity contribution is -0.137. The monoisotopic (exact) mass is 154 g/mol. The molecule has 0 bridgehead atoms. The highest BCUT2D eigenvalue weighted by molar-refractivity contribution is 5.81. The number of rotatable bonds is 4. The highest BCUT2D eigenvalue weighted by Crippen LogP contribution is 1.78. The van der Waals surface area contributed by atoms with Gasteiger partial charge in [0, 0.05) is 12.3 Å². The molecule has 0 aliphatic carbocycles. The van der Waals surface area contributed by atoms with E-state index in [9.17, 15) is 4.79 Å². The number of nitriles is 1. The standard InChI is InChI=1S/C7H10N2O2/c1-2-11-7(10)3-5-9-6-4-8/h3,5,9H,2,6H2,1H3/b5-3-. The van der Waals surface area contributed by atoms with Crippen LogP contribution in [0.2, 0.25) is 0 Å². The maximum Gasteiger partial charge on any atom is 0.332 e. The van der Waals surface area contributed by atoms with Crippen molar-refractivity contribution in [3.63, 3.8) is 0 Å². The molecule has 0 unspecified atom stereocenters. The second-order valence-corrected chi connectivity index (χ2v) is 1.62.